The predicted molar refractivity (Wildman–Crippen MR) is 88.0 cm³/mol. The summed E-state index contributed by atoms with van der Waals surface area (Å²) < 4.78 is 15.8. The Labute approximate surface area is 135 Å². The molecule has 1 saturated heterocycles. The van der Waals surface area contributed by atoms with E-state index in [1.807, 2.05) is 36.4 Å². The van der Waals surface area contributed by atoms with Crippen LogP contribution in [0.3, 0.4) is 0 Å². The quantitative estimate of drug-likeness (QED) is 0.447. The number of allylic oxidation sites excluding steroid dienone is 1. The minimum Gasteiger partial charge on any atom is -0.497 e. The fourth-order valence-corrected chi connectivity index (χ4v) is 2.08. The van der Waals surface area contributed by atoms with Gasteiger partial charge in [-0.3, -0.25) is 4.79 Å². The lowest BCUT2D eigenvalue weighted by atomic mass is 10.1. The zero-order valence-corrected chi connectivity index (χ0v) is 12.9. The molecule has 0 saturated carbocycles. The second-order valence-corrected chi connectivity index (χ2v) is 5.26. The maximum absolute atomic E-state index is 12.3. The summed E-state index contributed by atoms with van der Waals surface area (Å²) in [5.41, 5.74) is 1.54. The van der Waals surface area contributed by atoms with E-state index >= 15 is 0 Å². The van der Waals surface area contributed by atoms with Crippen LogP contribution in [-0.4, -0.2) is 32.2 Å². The molecule has 1 fully saturated rings. The Morgan fingerprint density at radius 1 is 1.22 bits per heavy atom. The number of epoxide rings is 1. The Morgan fingerprint density at radius 2 is 2.00 bits per heavy atom. The molecule has 0 bridgehead atoms. The van der Waals surface area contributed by atoms with Gasteiger partial charge in [-0.05, 0) is 35.9 Å². The summed E-state index contributed by atoms with van der Waals surface area (Å²) in [7, 11) is 1.62. The van der Waals surface area contributed by atoms with Crippen LogP contribution < -0.4 is 9.47 Å². The topological polar surface area (TPSA) is 48.1 Å². The van der Waals surface area contributed by atoms with Crippen molar-refractivity contribution in [3.8, 4) is 11.5 Å². The molecule has 118 valence electrons. The van der Waals surface area contributed by atoms with Crippen LogP contribution in [0.25, 0.3) is 6.08 Å². The zero-order chi connectivity index (χ0) is 16.1. The highest BCUT2D eigenvalue weighted by Gasteiger charge is 2.23. The summed E-state index contributed by atoms with van der Waals surface area (Å²) in [4.78, 5) is 12.3. The van der Waals surface area contributed by atoms with E-state index in [0.29, 0.717) is 17.9 Å². The van der Waals surface area contributed by atoms with Crippen LogP contribution in [0.15, 0.2) is 54.6 Å². The van der Waals surface area contributed by atoms with Crippen molar-refractivity contribution in [1.82, 2.24) is 0 Å². The molecule has 1 unspecified atom stereocenters. The van der Waals surface area contributed by atoms with Crippen LogP contribution in [0, 0.1) is 0 Å². The fourth-order valence-electron chi connectivity index (χ4n) is 2.08. The number of hydrogen-bond acceptors (Lipinski definition) is 4. The van der Waals surface area contributed by atoms with Gasteiger partial charge in [0.25, 0.3) is 0 Å². The van der Waals surface area contributed by atoms with Crippen LogP contribution in [0.2, 0.25) is 0 Å². The molecule has 23 heavy (non-hydrogen) atoms. The minimum absolute atomic E-state index is 0.0612. The first-order valence-electron chi connectivity index (χ1n) is 7.45. The number of methoxy groups -OCH3 is 1. The summed E-state index contributed by atoms with van der Waals surface area (Å²) in [6.07, 6.45) is 3.54. The van der Waals surface area contributed by atoms with Crippen molar-refractivity contribution < 1.29 is 19.0 Å². The summed E-state index contributed by atoms with van der Waals surface area (Å²) in [6.45, 7) is 1.28. The number of ether oxygens (including phenoxy) is 3. The average Bonchev–Trinajstić information content (AvgIpc) is 3.43. The summed E-state index contributed by atoms with van der Waals surface area (Å²) in [5.74, 6) is 1.41. The van der Waals surface area contributed by atoms with Gasteiger partial charge in [-0.25, -0.2) is 0 Å². The second-order valence-electron chi connectivity index (χ2n) is 5.26. The van der Waals surface area contributed by atoms with Crippen LogP contribution in [0.5, 0.6) is 11.5 Å². The van der Waals surface area contributed by atoms with Crippen molar-refractivity contribution in [2.45, 2.75) is 6.10 Å². The highest BCUT2D eigenvalue weighted by molar-refractivity contribution is 6.07. The Balaban J connectivity index is 1.64. The maximum atomic E-state index is 12.3. The monoisotopic (exact) mass is 310 g/mol. The van der Waals surface area contributed by atoms with Gasteiger partial charge in [0.05, 0.1) is 13.7 Å². The molecule has 2 aromatic carbocycles. The lowest BCUT2D eigenvalue weighted by Crippen LogP contribution is -2.04. The molecule has 0 amide bonds. The Morgan fingerprint density at radius 3 is 2.70 bits per heavy atom. The average molecular weight is 310 g/mol. The van der Waals surface area contributed by atoms with Crippen molar-refractivity contribution in [3.05, 3.63) is 65.7 Å². The van der Waals surface area contributed by atoms with E-state index in [2.05, 4.69) is 0 Å². The van der Waals surface area contributed by atoms with E-state index in [4.69, 9.17) is 14.2 Å². The Kier molecular flexibility index (Phi) is 4.74. The van der Waals surface area contributed by atoms with Gasteiger partial charge in [-0.2, -0.15) is 0 Å². The van der Waals surface area contributed by atoms with Crippen LogP contribution in [0.4, 0.5) is 0 Å². The second kappa shape index (κ2) is 7.11. The highest BCUT2D eigenvalue weighted by Crippen LogP contribution is 2.18. The van der Waals surface area contributed by atoms with Crippen molar-refractivity contribution in [3.63, 3.8) is 0 Å². The first-order valence-corrected chi connectivity index (χ1v) is 7.45. The third-order valence-corrected chi connectivity index (χ3v) is 3.50. The van der Waals surface area contributed by atoms with Gasteiger partial charge in [-0.1, -0.05) is 30.3 Å². The molecule has 1 aliphatic heterocycles. The predicted octanol–water partition coefficient (Wildman–Crippen LogP) is 3.37. The maximum Gasteiger partial charge on any atom is 0.185 e. The third-order valence-electron chi connectivity index (χ3n) is 3.50. The number of rotatable bonds is 7. The number of carbonyl (C=O) groups is 1. The van der Waals surface area contributed by atoms with Crippen molar-refractivity contribution in [2.24, 2.45) is 0 Å². The number of ketones is 1. The van der Waals surface area contributed by atoms with E-state index in [1.54, 1.807) is 31.4 Å². The molecule has 1 aliphatic rings. The van der Waals surface area contributed by atoms with E-state index in [-0.39, 0.29) is 11.9 Å². The molecule has 0 N–H and O–H groups in total. The number of hydrogen-bond donors (Lipinski definition) is 0. The normalized spacial score (nSPS) is 16.3. The smallest absolute Gasteiger partial charge is 0.185 e. The number of carbonyl (C=O) groups excluding carboxylic acids is 1. The standard InChI is InChI=1S/C19H18O4/c1-21-16-8-5-14(6-9-16)7-10-19(20)15-3-2-4-17(11-15)22-12-18-13-23-18/h2-11,18H,12-13H2,1H3/b10-7+. The van der Waals surface area contributed by atoms with Gasteiger partial charge in [0, 0.05) is 5.56 Å². The van der Waals surface area contributed by atoms with Gasteiger partial charge < -0.3 is 14.2 Å². The van der Waals surface area contributed by atoms with Crippen molar-refractivity contribution >= 4 is 11.9 Å². The molecular formula is C19H18O4. The largest absolute Gasteiger partial charge is 0.497 e. The molecular weight excluding hydrogens is 292 g/mol. The summed E-state index contributed by atoms with van der Waals surface area (Å²) in [6, 6.07) is 14.7. The Bertz CT molecular complexity index is 700. The van der Waals surface area contributed by atoms with Crippen molar-refractivity contribution in [1.29, 1.82) is 0 Å². The SMILES string of the molecule is COc1ccc(/C=C/C(=O)c2cccc(OCC3CO3)c2)cc1. The Hall–Kier alpha value is -2.59. The first-order chi connectivity index (χ1) is 11.2. The molecule has 4 nitrogen and oxygen atoms in total. The minimum atomic E-state index is -0.0612. The molecule has 1 heterocycles. The van der Waals surface area contributed by atoms with Crippen LogP contribution in [-0.2, 0) is 4.74 Å². The number of benzene rings is 2. The molecule has 0 radical (unpaired) electrons. The van der Waals surface area contributed by atoms with Gasteiger partial charge in [-0.15, -0.1) is 0 Å². The van der Waals surface area contributed by atoms with E-state index in [0.717, 1.165) is 17.9 Å². The lowest BCUT2D eigenvalue weighted by molar-refractivity contribution is 0.104. The van der Waals surface area contributed by atoms with Gasteiger partial charge in [0.1, 0.15) is 24.2 Å². The first kappa shape index (κ1) is 15.3. The third kappa shape index (κ3) is 4.44. The van der Waals surface area contributed by atoms with Crippen LogP contribution >= 0.6 is 0 Å². The van der Waals surface area contributed by atoms with Crippen LogP contribution in [0.1, 0.15) is 15.9 Å². The molecule has 0 aliphatic carbocycles. The van der Waals surface area contributed by atoms with Gasteiger partial charge in [0.15, 0.2) is 5.78 Å². The molecule has 4 heteroatoms. The zero-order valence-electron chi connectivity index (χ0n) is 12.9. The van der Waals surface area contributed by atoms with E-state index < -0.39 is 0 Å². The lowest BCUT2D eigenvalue weighted by Gasteiger charge is -2.05. The van der Waals surface area contributed by atoms with Gasteiger partial charge in [0.2, 0.25) is 0 Å². The van der Waals surface area contributed by atoms with E-state index in [9.17, 15) is 4.79 Å². The molecule has 2 aromatic rings. The molecule has 1 atom stereocenters. The van der Waals surface area contributed by atoms with E-state index in [1.165, 1.54) is 0 Å². The van der Waals surface area contributed by atoms with Crippen molar-refractivity contribution in [2.75, 3.05) is 20.3 Å². The fraction of sp³-hybridized carbons (Fsp3) is 0.211. The highest BCUT2D eigenvalue weighted by atomic mass is 16.6. The molecule has 3 rings (SSSR count). The van der Waals surface area contributed by atoms with Gasteiger partial charge >= 0.3 is 0 Å². The molecule has 0 spiro atoms. The molecule has 0 aromatic heterocycles. The summed E-state index contributed by atoms with van der Waals surface area (Å²) in [5, 5.41) is 0. The summed E-state index contributed by atoms with van der Waals surface area (Å²) >= 11 is 0.